The maximum atomic E-state index is 13.7. The minimum Gasteiger partial charge on any atom is -0.495 e. The number of aryl methyl sites for hydroxylation is 1. The third-order valence-corrected chi connectivity index (χ3v) is 8.34. The van der Waals surface area contributed by atoms with E-state index in [1.807, 2.05) is 25.1 Å². The molecule has 2 saturated carbocycles. The number of halogens is 1. The Kier molecular flexibility index (Phi) is 5.77. The van der Waals surface area contributed by atoms with Crippen LogP contribution < -0.4 is 10.1 Å². The van der Waals surface area contributed by atoms with E-state index < -0.39 is 11.4 Å². The quantitative estimate of drug-likeness (QED) is 0.429. The monoisotopic (exact) mass is 468 g/mol. The Bertz CT molecular complexity index is 1140. The molecule has 0 radical (unpaired) electrons. The normalized spacial score (nSPS) is 26.3. The van der Waals surface area contributed by atoms with Gasteiger partial charge in [0.25, 0.3) is 0 Å². The molecule has 0 aliphatic heterocycles. The van der Waals surface area contributed by atoms with Gasteiger partial charge < -0.3 is 14.9 Å². The summed E-state index contributed by atoms with van der Waals surface area (Å²) in [6.07, 6.45) is 1.96. The largest absolute Gasteiger partial charge is 0.495 e. The van der Waals surface area contributed by atoms with E-state index in [1.54, 1.807) is 31.4 Å². The lowest BCUT2D eigenvalue weighted by atomic mass is 9.64. The highest BCUT2D eigenvalue weighted by atomic mass is 35.5. The van der Waals surface area contributed by atoms with Crippen LogP contribution in [0, 0.1) is 23.2 Å². The maximum absolute atomic E-state index is 13.7. The van der Waals surface area contributed by atoms with Crippen molar-refractivity contribution in [2.75, 3.05) is 12.4 Å². The number of ether oxygens (including phenoxy) is 1. The summed E-state index contributed by atoms with van der Waals surface area (Å²) >= 11 is 5.89. The smallest absolute Gasteiger partial charge is 0.365 e. The lowest BCUT2D eigenvalue weighted by molar-refractivity contribution is -0.130. The number of hydrogen-bond donors (Lipinski definition) is 1. The molecule has 2 atom stereocenters. The van der Waals surface area contributed by atoms with Gasteiger partial charge in [-0.2, -0.15) is 0 Å². The molecule has 0 spiro atoms. The fraction of sp³-hybridized carbons (Fsp3) is 0.423. The molecule has 6 nitrogen and oxygen atoms in total. The number of carbonyl (C=O) groups is 2. The van der Waals surface area contributed by atoms with Crippen molar-refractivity contribution < 1.29 is 19.2 Å². The van der Waals surface area contributed by atoms with Gasteiger partial charge in [0.05, 0.1) is 29.5 Å². The Balaban J connectivity index is 1.60. The number of methoxy groups -OCH3 is 1. The van der Waals surface area contributed by atoms with Crippen LogP contribution in [0.3, 0.4) is 0 Å². The minimum absolute atomic E-state index is 0.0608. The molecule has 7 heteroatoms. The summed E-state index contributed by atoms with van der Waals surface area (Å²) in [7, 11) is 1.59. The summed E-state index contributed by atoms with van der Waals surface area (Å²) in [5.74, 6) is 0.00777. The number of fused-ring (bicyclic) bond motifs is 2. The van der Waals surface area contributed by atoms with Crippen molar-refractivity contribution in [1.82, 2.24) is 0 Å². The van der Waals surface area contributed by atoms with Crippen LogP contribution in [0.1, 0.15) is 56.0 Å². The van der Waals surface area contributed by atoms with Crippen LogP contribution >= 0.6 is 11.6 Å². The molecule has 33 heavy (non-hydrogen) atoms. The zero-order valence-electron chi connectivity index (χ0n) is 19.6. The Morgan fingerprint density at radius 1 is 1.06 bits per heavy atom. The standard InChI is InChI=1S/C26H29ClN2O4/c1-16-6-11-20(32-5)19(14-16)28-23(31)26-13-12-25(4,24(26,2)3)21(15-26)29-33-22(30)17-7-9-18(27)10-8-17/h6-11,14H,12-13,15H2,1-5H3,(H,28,31). The summed E-state index contributed by atoms with van der Waals surface area (Å²) in [5.41, 5.74) is 1.39. The number of carbonyl (C=O) groups excluding carboxylic acids is 2. The molecular weight excluding hydrogens is 440 g/mol. The SMILES string of the molecule is COc1ccc(C)cc1NC(=O)C12CCC(C)(C(=NOC(=O)c3ccc(Cl)cc3)C1)C2(C)C. The number of nitrogens with zero attached hydrogens (tertiary/aromatic N) is 1. The number of hydrogen-bond acceptors (Lipinski definition) is 5. The van der Waals surface area contributed by atoms with Gasteiger partial charge in [-0.3, -0.25) is 4.79 Å². The lowest BCUT2D eigenvalue weighted by Gasteiger charge is -2.39. The van der Waals surface area contributed by atoms with Crippen molar-refractivity contribution in [2.45, 2.75) is 47.0 Å². The van der Waals surface area contributed by atoms with Crippen molar-refractivity contribution >= 4 is 34.9 Å². The van der Waals surface area contributed by atoms with Crippen molar-refractivity contribution in [3.63, 3.8) is 0 Å². The Morgan fingerprint density at radius 3 is 2.42 bits per heavy atom. The van der Waals surface area contributed by atoms with Crippen molar-refractivity contribution in [3.8, 4) is 5.75 Å². The van der Waals surface area contributed by atoms with Gasteiger partial charge in [-0.15, -0.1) is 0 Å². The molecule has 1 N–H and O–H groups in total. The highest BCUT2D eigenvalue weighted by molar-refractivity contribution is 6.30. The third-order valence-electron chi connectivity index (χ3n) is 8.09. The van der Waals surface area contributed by atoms with Crippen LogP contribution in [0.25, 0.3) is 0 Å². The first-order valence-electron chi connectivity index (χ1n) is 11.0. The topological polar surface area (TPSA) is 77.0 Å². The third kappa shape index (κ3) is 3.61. The summed E-state index contributed by atoms with van der Waals surface area (Å²) in [6, 6.07) is 12.2. The molecule has 174 valence electrons. The van der Waals surface area contributed by atoms with E-state index in [0.29, 0.717) is 28.4 Å². The molecule has 1 amide bonds. The second kappa shape index (κ2) is 8.17. The zero-order chi connectivity index (χ0) is 24.0. The molecule has 0 heterocycles. The number of benzene rings is 2. The van der Waals surface area contributed by atoms with Gasteiger partial charge in [0.15, 0.2) is 0 Å². The molecule has 2 unspecified atom stereocenters. The first-order chi connectivity index (χ1) is 15.5. The number of anilines is 1. The van der Waals surface area contributed by atoms with Crippen LogP contribution in [-0.2, 0) is 9.63 Å². The van der Waals surface area contributed by atoms with E-state index in [2.05, 4.69) is 31.2 Å². The fourth-order valence-corrected chi connectivity index (χ4v) is 5.55. The first kappa shape index (κ1) is 23.3. The van der Waals surface area contributed by atoms with E-state index in [4.69, 9.17) is 21.2 Å². The van der Waals surface area contributed by atoms with Crippen LogP contribution in [0.2, 0.25) is 5.02 Å². The van der Waals surface area contributed by atoms with Crippen molar-refractivity contribution in [3.05, 3.63) is 58.6 Å². The Morgan fingerprint density at radius 2 is 1.76 bits per heavy atom. The van der Waals surface area contributed by atoms with Gasteiger partial charge in [0, 0.05) is 16.9 Å². The molecule has 2 aliphatic rings. The van der Waals surface area contributed by atoms with E-state index >= 15 is 0 Å². The highest BCUT2D eigenvalue weighted by Crippen LogP contribution is 2.71. The van der Waals surface area contributed by atoms with Crippen LogP contribution in [-0.4, -0.2) is 24.7 Å². The van der Waals surface area contributed by atoms with Crippen molar-refractivity contribution in [1.29, 1.82) is 0 Å². The Hall–Kier alpha value is -2.86. The predicted octanol–water partition coefficient (Wildman–Crippen LogP) is 6.02. The van der Waals surface area contributed by atoms with E-state index in [0.717, 1.165) is 24.1 Å². The van der Waals surface area contributed by atoms with Gasteiger partial charge >= 0.3 is 5.97 Å². The second-order valence-corrected chi connectivity index (χ2v) is 10.2. The van der Waals surface area contributed by atoms with Gasteiger partial charge in [-0.1, -0.05) is 43.6 Å². The number of amides is 1. The molecular formula is C26H29ClN2O4. The minimum atomic E-state index is -0.665. The van der Waals surface area contributed by atoms with E-state index in [9.17, 15) is 9.59 Å². The summed E-state index contributed by atoms with van der Waals surface area (Å²) in [5, 5.41) is 7.94. The average Bonchev–Trinajstić information content (AvgIpc) is 3.09. The zero-order valence-corrected chi connectivity index (χ0v) is 20.4. The number of nitrogens with one attached hydrogen (secondary N) is 1. The summed E-state index contributed by atoms with van der Waals surface area (Å²) in [4.78, 5) is 31.5. The van der Waals surface area contributed by atoms with Crippen LogP contribution in [0.4, 0.5) is 5.69 Å². The molecule has 2 fully saturated rings. The number of rotatable bonds is 5. The molecule has 0 saturated heterocycles. The van der Waals surface area contributed by atoms with Gasteiger partial charge in [0.2, 0.25) is 5.91 Å². The van der Waals surface area contributed by atoms with Gasteiger partial charge in [0.1, 0.15) is 5.75 Å². The summed E-state index contributed by atoms with van der Waals surface area (Å²) in [6.45, 7) is 8.30. The van der Waals surface area contributed by atoms with E-state index in [1.165, 1.54) is 0 Å². The fourth-order valence-electron chi connectivity index (χ4n) is 5.42. The summed E-state index contributed by atoms with van der Waals surface area (Å²) < 4.78 is 5.44. The molecule has 2 bridgehead atoms. The van der Waals surface area contributed by atoms with Gasteiger partial charge in [-0.25, -0.2) is 4.79 Å². The molecule has 2 aromatic carbocycles. The molecule has 4 rings (SSSR count). The highest BCUT2D eigenvalue weighted by Gasteiger charge is 2.71. The van der Waals surface area contributed by atoms with Crippen LogP contribution in [0.15, 0.2) is 47.6 Å². The predicted molar refractivity (Wildman–Crippen MR) is 129 cm³/mol. The maximum Gasteiger partial charge on any atom is 0.365 e. The Labute approximate surface area is 199 Å². The van der Waals surface area contributed by atoms with Crippen LogP contribution in [0.5, 0.6) is 5.75 Å². The molecule has 2 aliphatic carbocycles. The molecule has 0 aromatic heterocycles. The first-order valence-corrected chi connectivity index (χ1v) is 11.4. The second-order valence-electron chi connectivity index (χ2n) is 9.80. The van der Waals surface area contributed by atoms with Gasteiger partial charge in [-0.05, 0) is 67.1 Å². The lowest BCUT2D eigenvalue weighted by Crippen LogP contribution is -2.43. The number of oxime groups is 1. The van der Waals surface area contributed by atoms with Crippen molar-refractivity contribution in [2.24, 2.45) is 21.4 Å². The molecule has 2 aromatic rings. The van der Waals surface area contributed by atoms with E-state index in [-0.39, 0.29) is 16.7 Å². The average molecular weight is 469 g/mol.